The second-order valence-corrected chi connectivity index (χ2v) is 8.73. The molecule has 7 nitrogen and oxygen atoms in total. The first-order valence-electron chi connectivity index (χ1n) is 12.1. The van der Waals surface area contributed by atoms with E-state index in [1.54, 1.807) is 6.07 Å². The molecule has 0 saturated carbocycles. The number of benzene rings is 2. The van der Waals surface area contributed by atoms with Crippen LogP contribution in [-0.2, 0) is 14.3 Å². The van der Waals surface area contributed by atoms with E-state index in [9.17, 15) is 19.1 Å². The number of halogens is 1. The molecule has 2 aromatic carbocycles. The number of carbonyl (C=O) groups excluding carboxylic acids is 2. The van der Waals surface area contributed by atoms with Crippen molar-refractivity contribution in [1.29, 1.82) is 0 Å². The molecule has 2 aliphatic rings. The number of carbonyl (C=O) groups is 2. The Kier molecular flexibility index (Phi) is 8.15. The lowest BCUT2D eigenvalue weighted by atomic mass is 9.95. The topological polar surface area (TPSA) is 79.3 Å². The number of aliphatic hydroxyl groups is 1. The number of likely N-dealkylation sites (tertiary alicyclic amines) is 1. The number of Topliss-reactive ketones (excluding diaryl/α,β-unsaturated/α-hetero) is 1. The Bertz CT molecular complexity index is 1080. The summed E-state index contributed by atoms with van der Waals surface area (Å²) in [5.74, 6) is -1.54. The number of nitrogens with zero attached hydrogens (tertiary/aromatic N) is 2. The first kappa shape index (κ1) is 24.9. The normalized spacial score (nSPS) is 20.4. The van der Waals surface area contributed by atoms with E-state index >= 15 is 0 Å². The summed E-state index contributed by atoms with van der Waals surface area (Å²) in [5, 5.41) is 11.1. The van der Waals surface area contributed by atoms with Gasteiger partial charge in [0, 0.05) is 31.7 Å². The third-order valence-electron chi connectivity index (χ3n) is 6.28. The van der Waals surface area contributed by atoms with Gasteiger partial charge in [-0.1, -0.05) is 19.1 Å². The molecule has 2 saturated heterocycles. The van der Waals surface area contributed by atoms with Crippen LogP contribution < -0.4 is 4.74 Å². The Morgan fingerprint density at radius 2 is 1.86 bits per heavy atom. The predicted octanol–water partition coefficient (Wildman–Crippen LogP) is 3.76. The van der Waals surface area contributed by atoms with Crippen molar-refractivity contribution in [2.45, 2.75) is 25.8 Å². The smallest absolute Gasteiger partial charge is 0.295 e. The molecule has 0 radical (unpaired) electrons. The van der Waals surface area contributed by atoms with Crippen molar-refractivity contribution < 1.29 is 28.6 Å². The molecule has 0 aromatic heterocycles. The van der Waals surface area contributed by atoms with Gasteiger partial charge >= 0.3 is 0 Å². The number of aliphatic hydroxyl groups excluding tert-OH is 1. The van der Waals surface area contributed by atoms with Crippen molar-refractivity contribution in [2.24, 2.45) is 0 Å². The highest BCUT2D eigenvalue weighted by Gasteiger charge is 2.46. The minimum atomic E-state index is -0.769. The van der Waals surface area contributed by atoms with Crippen molar-refractivity contribution in [3.63, 3.8) is 0 Å². The summed E-state index contributed by atoms with van der Waals surface area (Å²) in [4.78, 5) is 30.1. The van der Waals surface area contributed by atoms with Crippen LogP contribution in [0.5, 0.6) is 5.75 Å². The van der Waals surface area contributed by atoms with Gasteiger partial charge in [0.05, 0.1) is 31.4 Å². The predicted molar refractivity (Wildman–Crippen MR) is 130 cm³/mol. The van der Waals surface area contributed by atoms with Crippen LogP contribution in [0.15, 0.2) is 54.1 Å². The molecule has 2 aromatic rings. The lowest BCUT2D eigenvalue weighted by Crippen LogP contribution is -2.38. The number of ketones is 1. The Labute approximate surface area is 204 Å². The lowest BCUT2D eigenvalue weighted by Gasteiger charge is -2.29. The maximum Gasteiger partial charge on any atom is 0.295 e. The van der Waals surface area contributed by atoms with Gasteiger partial charge in [-0.05, 0) is 54.8 Å². The highest BCUT2D eigenvalue weighted by atomic mass is 19.1. The molecule has 1 N–H and O–H groups in total. The number of hydrogen-bond donors (Lipinski definition) is 1. The highest BCUT2D eigenvalue weighted by Crippen LogP contribution is 2.40. The van der Waals surface area contributed by atoms with E-state index in [1.165, 1.54) is 29.2 Å². The van der Waals surface area contributed by atoms with E-state index in [0.717, 1.165) is 26.1 Å². The lowest BCUT2D eigenvalue weighted by molar-refractivity contribution is -0.140. The fourth-order valence-corrected chi connectivity index (χ4v) is 4.50. The second-order valence-electron chi connectivity index (χ2n) is 8.73. The standard InChI is InChI=1S/C27H31FN2O5/c1-2-15-35-22-6-3-5-20(18-22)24-23(25(31)19-7-9-21(28)10-8-19)26(32)27(33)30(24)12-4-11-29-13-16-34-17-14-29/h3,5-10,18,24,31H,2,4,11-17H2,1H3/b25-23-. The SMILES string of the molecule is CCCOc1cccc(C2/C(=C(/O)c3ccc(F)cc3)C(=O)C(=O)N2CCCN2CCOCC2)c1. The Balaban J connectivity index is 1.67. The third-order valence-corrected chi connectivity index (χ3v) is 6.28. The molecule has 4 rings (SSSR count). The summed E-state index contributed by atoms with van der Waals surface area (Å²) in [7, 11) is 0. The van der Waals surface area contributed by atoms with Crippen LogP contribution >= 0.6 is 0 Å². The van der Waals surface area contributed by atoms with Crippen LogP contribution in [0, 0.1) is 5.82 Å². The van der Waals surface area contributed by atoms with Gasteiger partial charge < -0.3 is 19.5 Å². The summed E-state index contributed by atoms with van der Waals surface area (Å²) in [5.41, 5.74) is 0.953. The fourth-order valence-electron chi connectivity index (χ4n) is 4.50. The van der Waals surface area contributed by atoms with Crippen LogP contribution in [0.3, 0.4) is 0 Å². The first-order chi connectivity index (χ1) is 17.0. The van der Waals surface area contributed by atoms with Crippen LogP contribution in [-0.4, -0.2) is 72.6 Å². The Hall–Kier alpha value is -3.23. The van der Waals surface area contributed by atoms with Crippen molar-refractivity contribution in [2.75, 3.05) is 46.0 Å². The van der Waals surface area contributed by atoms with Crippen LogP contribution in [0.2, 0.25) is 0 Å². The van der Waals surface area contributed by atoms with Gasteiger partial charge in [-0.2, -0.15) is 0 Å². The van der Waals surface area contributed by atoms with E-state index in [0.29, 0.717) is 44.1 Å². The average molecular weight is 483 g/mol. The van der Waals surface area contributed by atoms with E-state index < -0.39 is 23.5 Å². The molecule has 2 heterocycles. The zero-order chi connectivity index (χ0) is 24.8. The van der Waals surface area contributed by atoms with E-state index in [2.05, 4.69) is 4.90 Å². The highest BCUT2D eigenvalue weighted by molar-refractivity contribution is 6.46. The molecular weight excluding hydrogens is 451 g/mol. The average Bonchev–Trinajstić information content (AvgIpc) is 3.13. The zero-order valence-electron chi connectivity index (χ0n) is 19.9. The monoisotopic (exact) mass is 482 g/mol. The number of rotatable bonds is 9. The maximum atomic E-state index is 13.5. The third kappa shape index (κ3) is 5.71. The molecule has 35 heavy (non-hydrogen) atoms. The van der Waals surface area contributed by atoms with Crippen molar-refractivity contribution in [3.05, 3.63) is 71.0 Å². The second kappa shape index (κ2) is 11.5. The van der Waals surface area contributed by atoms with Gasteiger partial charge in [-0.25, -0.2) is 4.39 Å². The van der Waals surface area contributed by atoms with Crippen LogP contribution in [0.25, 0.3) is 5.76 Å². The molecule has 1 atom stereocenters. The summed E-state index contributed by atoms with van der Waals surface area (Å²) >= 11 is 0. The molecule has 1 amide bonds. The Morgan fingerprint density at radius 1 is 1.11 bits per heavy atom. The number of amides is 1. The Morgan fingerprint density at radius 3 is 2.57 bits per heavy atom. The summed E-state index contributed by atoms with van der Waals surface area (Å²) in [6.07, 6.45) is 1.51. The molecule has 2 fully saturated rings. The molecule has 0 aliphatic carbocycles. The van der Waals surface area contributed by atoms with Gasteiger partial charge in [0.1, 0.15) is 17.3 Å². The van der Waals surface area contributed by atoms with E-state index in [4.69, 9.17) is 9.47 Å². The summed E-state index contributed by atoms with van der Waals surface area (Å²) < 4.78 is 24.6. The van der Waals surface area contributed by atoms with E-state index in [1.807, 2.05) is 25.1 Å². The van der Waals surface area contributed by atoms with Gasteiger partial charge in [0.25, 0.3) is 11.7 Å². The molecule has 1 unspecified atom stereocenters. The molecule has 8 heteroatoms. The number of morpholine rings is 1. The number of hydrogen-bond acceptors (Lipinski definition) is 6. The number of ether oxygens (including phenoxy) is 2. The van der Waals surface area contributed by atoms with Crippen molar-refractivity contribution >= 4 is 17.4 Å². The minimum Gasteiger partial charge on any atom is -0.507 e. The maximum absolute atomic E-state index is 13.5. The first-order valence-corrected chi connectivity index (χ1v) is 12.1. The molecule has 2 aliphatic heterocycles. The van der Waals surface area contributed by atoms with Gasteiger partial charge in [-0.3, -0.25) is 14.5 Å². The van der Waals surface area contributed by atoms with Crippen LogP contribution in [0.1, 0.15) is 36.9 Å². The summed E-state index contributed by atoms with van der Waals surface area (Å²) in [6.45, 7) is 6.73. The molecule has 186 valence electrons. The fraction of sp³-hybridized carbons (Fsp3) is 0.407. The van der Waals surface area contributed by atoms with E-state index in [-0.39, 0.29) is 16.9 Å². The van der Waals surface area contributed by atoms with Crippen LogP contribution in [0.4, 0.5) is 4.39 Å². The molecular formula is C27H31FN2O5. The summed E-state index contributed by atoms with van der Waals surface area (Å²) in [6, 6.07) is 11.7. The van der Waals surface area contributed by atoms with Gasteiger partial charge in [-0.15, -0.1) is 0 Å². The minimum absolute atomic E-state index is 0.000576. The quantitative estimate of drug-likeness (QED) is 0.333. The van der Waals surface area contributed by atoms with Crippen molar-refractivity contribution in [3.8, 4) is 5.75 Å². The van der Waals surface area contributed by atoms with Gasteiger partial charge in [0.15, 0.2) is 0 Å². The van der Waals surface area contributed by atoms with Crippen molar-refractivity contribution in [1.82, 2.24) is 9.80 Å². The van der Waals surface area contributed by atoms with Gasteiger partial charge in [0.2, 0.25) is 0 Å². The molecule has 0 spiro atoms. The zero-order valence-corrected chi connectivity index (χ0v) is 19.9. The molecule has 0 bridgehead atoms. The largest absolute Gasteiger partial charge is 0.507 e.